The molecule has 0 saturated carbocycles. The van der Waals surface area contributed by atoms with E-state index in [-0.39, 0.29) is 84.9 Å². The first-order valence-corrected chi connectivity index (χ1v) is 14.4. The van der Waals surface area contributed by atoms with Gasteiger partial charge in [-0.1, -0.05) is 27.7 Å². The Morgan fingerprint density at radius 3 is 2.35 bits per heavy atom. The lowest BCUT2D eigenvalue weighted by molar-refractivity contribution is -0.145. The Balaban J connectivity index is 2.00. The summed E-state index contributed by atoms with van der Waals surface area (Å²) in [6, 6.07) is 6.86. The smallest absolute Gasteiger partial charge is 0.344 e. The Hall–Kier alpha value is -4.33. The Morgan fingerprint density at radius 2 is 1.77 bits per heavy atom. The minimum absolute atomic E-state index is 0.0589. The number of ether oxygens (including phenoxy) is 4. The zero-order valence-electron chi connectivity index (χ0n) is 25.6. The number of benzene rings is 2. The van der Waals surface area contributed by atoms with Crippen molar-refractivity contribution in [2.45, 2.75) is 78.9 Å². The van der Waals surface area contributed by atoms with E-state index < -0.39 is 23.3 Å². The third-order valence-electron chi connectivity index (χ3n) is 6.89. The number of carboxylic acids is 1. The fraction of sp³-hybridized carbons (Fsp3) is 0.500. The van der Waals surface area contributed by atoms with E-state index in [1.165, 1.54) is 11.0 Å². The molecule has 0 fully saturated rings. The Kier molecular flexibility index (Phi) is 11.0. The number of Topliss-reactive ketones (excluding diaryl/α,β-unsaturated/α-hetero) is 1. The van der Waals surface area contributed by atoms with Gasteiger partial charge >= 0.3 is 5.97 Å². The van der Waals surface area contributed by atoms with Crippen LogP contribution in [0.15, 0.2) is 18.2 Å². The molecule has 232 valence electrons. The van der Waals surface area contributed by atoms with E-state index in [0.29, 0.717) is 24.2 Å². The zero-order valence-corrected chi connectivity index (χ0v) is 25.6. The first kappa shape index (κ1) is 33.2. The van der Waals surface area contributed by atoms with Crippen LogP contribution in [0.2, 0.25) is 0 Å². The second-order valence-corrected chi connectivity index (χ2v) is 11.1. The number of unbranched alkanes of at least 4 members (excludes halogenated alkanes) is 1. The number of carbonyl (C=O) groups excluding carboxylic acids is 1. The number of nitrogens with zero attached hydrogens (tertiary/aromatic N) is 2. The maximum Gasteiger partial charge on any atom is 0.344 e. The Bertz CT molecular complexity index is 1410. The Labute approximate surface area is 251 Å². The van der Waals surface area contributed by atoms with Crippen LogP contribution in [0.25, 0.3) is 0 Å². The van der Waals surface area contributed by atoms with Crippen molar-refractivity contribution in [1.82, 2.24) is 4.90 Å². The average molecular weight is 598 g/mol. The minimum Gasteiger partial charge on any atom is -0.490 e. The Morgan fingerprint density at radius 1 is 1.09 bits per heavy atom. The highest BCUT2D eigenvalue weighted by Crippen LogP contribution is 2.42. The molecular formula is C32H40FN3O7. The normalized spacial score (nSPS) is 13.3. The number of hydrogen-bond acceptors (Lipinski definition) is 8. The van der Waals surface area contributed by atoms with E-state index in [1.807, 2.05) is 20.8 Å². The van der Waals surface area contributed by atoms with Gasteiger partial charge in [0, 0.05) is 24.1 Å². The lowest BCUT2D eigenvalue weighted by Gasteiger charge is -2.27. The molecule has 0 radical (unpaired) electrons. The topological polar surface area (TPSA) is 142 Å². The molecule has 1 atom stereocenters. The maximum atomic E-state index is 15.5. The molecular weight excluding hydrogens is 557 g/mol. The lowest BCUT2D eigenvalue weighted by Crippen LogP contribution is -2.31. The first-order chi connectivity index (χ1) is 20.4. The fourth-order valence-electron chi connectivity index (χ4n) is 4.76. The summed E-state index contributed by atoms with van der Waals surface area (Å²) in [5.74, 6) is -1.70. The van der Waals surface area contributed by atoms with Crippen molar-refractivity contribution in [2.24, 2.45) is 0 Å². The molecule has 2 aromatic rings. The highest BCUT2D eigenvalue weighted by molar-refractivity contribution is 6.06. The van der Waals surface area contributed by atoms with E-state index in [0.717, 1.165) is 0 Å². The molecule has 0 amide bonds. The molecule has 2 aromatic carbocycles. The summed E-state index contributed by atoms with van der Waals surface area (Å²) in [5, 5.41) is 27.3. The summed E-state index contributed by atoms with van der Waals surface area (Å²) in [7, 11) is 0. The van der Waals surface area contributed by atoms with E-state index >= 15 is 4.39 Å². The van der Waals surface area contributed by atoms with Crippen LogP contribution in [0.3, 0.4) is 0 Å². The van der Waals surface area contributed by atoms with E-state index in [1.54, 1.807) is 32.9 Å². The first-order valence-electron chi connectivity index (χ1n) is 14.4. The number of carboxylic acid groups (broad SMARTS) is 1. The molecule has 0 bridgehead atoms. The van der Waals surface area contributed by atoms with Crippen LogP contribution >= 0.6 is 0 Å². The van der Waals surface area contributed by atoms with Gasteiger partial charge < -0.3 is 29.0 Å². The summed E-state index contributed by atoms with van der Waals surface area (Å²) in [5.41, 5.74) is 0.854. The molecule has 0 saturated heterocycles. The predicted molar refractivity (Wildman–Crippen MR) is 158 cm³/mol. The molecule has 10 nitrogen and oxygen atoms in total. The number of amidine groups is 1. The van der Waals surface area contributed by atoms with E-state index in [2.05, 4.69) is 6.07 Å². The molecule has 1 aliphatic rings. The van der Waals surface area contributed by atoms with Gasteiger partial charge in [0.05, 0.1) is 38.0 Å². The van der Waals surface area contributed by atoms with Gasteiger partial charge in [-0.25, -0.2) is 9.18 Å². The van der Waals surface area contributed by atoms with Crippen molar-refractivity contribution < 1.29 is 38.0 Å². The van der Waals surface area contributed by atoms with Gasteiger partial charge in [0.15, 0.2) is 40.7 Å². The van der Waals surface area contributed by atoms with Crippen LogP contribution in [0.4, 0.5) is 4.39 Å². The largest absolute Gasteiger partial charge is 0.490 e. The van der Waals surface area contributed by atoms with Gasteiger partial charge in [0.2, 0.25) is 0 Å². The van der Waals surface area contributed by atoms with Gasteiger partial charge in [0.25, 0.3) is 0 Å². The summed E-state index contributed by atoms with van der Waals surface area (Å²) in [6.45, 7) is 11.5. The van der Waals surface area contributed by atoms with Crippen LogP contribution in [-0.2, 0) is 16.8 Å². The van der Waals surface area contributed by atoms with Crippen molar-refractivity contribution in [1.29, 1.82) is 10.7 Å². The molecule has 1 unspecified atom stereocenters. The van der Waals surface area contributed by atoms with Crippen LogP contribution < -0.4 is 18.9 Å². The number of aliphatic carboxylic acids is 1. The van der Waals surface area contributed by atoms with Crippen molar-refractivity contribution in [3.05, 3.63) is 46.3 Å². The number of carbonyl (C=O) groups is 2. The molecule has 1 heterocycles. The molecule has 2 N–H and O–H groups in total. The molecule has 0 aliphatic carbocycles. The zero-order chi connectivity index (χ0) is 31.9. The number of nitriles is 1. The number of nitrogens with one attached hydrogen (secondary N) is 1. The van der Waals surface area contributed by atoms with Gasteiger partial charge in [-0.2, -0.15) is 5.26 Å². The molecule has 43 heavy (non-hydrogen) atoms. The molecule has 0 aromatic heterocycles. The molecule has 0 spiro atoms. The lowest BCUT2D eigenvalue weighted by atomic mass is 9.84. The molecule has 11 heteroatoms. The number of fused-ring (bicyclic) bond motifs is 1. The second-order valence-electron chi connectivity index (χ2n) is 11.1. The summed E-state index contributed by atoms with van der Waals surface area (Å²) in [6.07, 6.45) is -0.238. The number of hydrogen-bond donors (Lipinski definition) is 2. The summed E-state index contributed by atoms with van der Waals surface area (Å²) < 4.78 is 38.5. The number of rotatable bonds is 15. The number of ketones is 1. The summed E-state index contributed by atoms with van der Waals surface area (Å²) >= 11 is 0. The van der Waals surface area contributed by atoms with Gasteiger partial charge in [-0.3, -0.25) is 10.2 Å². The highest BCUT2D eigenvalue weighted by Gasteiger charge is 2.34. The van der Waals surface area contributed by atoms with Crippen molar-refractivity contribution in [3.8, 4) is 29.1 Å². The van der Waals surface area contributed by atoms with Crippen molar-refractivity contribution >= 4 is 17.6 Å². The minimum atomic E-state index is -1.13. The van der Waals surface area contributed by atoms with Gasteiger partial charge in [-0.05, 0) is 55.9 Å². The number of halogens is 1. The monoisotopic (exact) mass is 597 g/mol. The molecule has 3 rings (SSSR count). The van der Waals surface area contributed by atoms with E-state index in [4.69, 9.17) is 29.6 Å². The standard InChI is InChI=1S/C32H40FN3O7/c1-7-23(31(38)39)43-28-21(32(4,5)6)14-19(15-24(28)42-13-11-10-12-34)22(37)18-36-17-20-16-25(40-8-2)29(41-9-3)27(33)26(20)30(36)35/h14-16,23,35H,7-11,13,17-18H2,1-6H3,(H,38,39). The predicted octanol–water partition coefficient (Wildman–Crippen LogP) is 5.87. The van der Waals surface area contributed by atoms with Crippen molar-refractivity contribution in [2.75, 3.05) is 26.4 Å². The van der Waals surface area contributed by atoms with Crippen LogP contribution in [-0.4, -0.2) is 60.1 Å². The summed E-state index contributed by atoms with van der Waals surface area (Å²) in [4.78, 5) is 27.0. The van der Waals surface area contributed by atoms with E-state index in [9.17, 15) is 14.7 Å². The third-order valence-corrected chi connectivity index (χ3v) is 6.89. The quantitative estimate of drug-likeness (QED) is 0.190. The average Bonchev–Trinajstić information content (AvgIpc) is 3.25. The van der Waals surface area contributed by atoms with Gasteiger partial charge in [-0.15, -0.1) is 0 Å². The third kappa shape index (κ3) is 7.55. The van der Waals surface area contributed by atoms with Crippen molar-refractivity contribution in [3.63, 3.8) is 0 Å². The highest BCUT2D eigenvalue weighted by atomic mass is 19.1. The van der Waals surface area contributed by atoms with Crippen LogP contribution in [0, 0.1) is 22.6 Å². The molecule has 1 aliphatic heterocycles. The van der Waals surface area contributed by atoms with Crippen LogP contribution in [0.5, 0.6) is 23.0 Å². The SMILES string of the molecule is CCOc1cc2c(c(F)c1OCC)C(=N)N(CC(=O)c1cc(OCCCC#N)c(OC(CC)C(=O)O)c(C(C)(C)C)c1)C2. The fourth-order valence-corrected chi connectivity index (χ4v) is 4.76. The van der Waals surface area contributed by atoms with Crippen LogP contribution in [0.1, 0.15) is 87.9 Å². The maximum absolute atomic E-state index is 15.5. The second kappa shape index (κ2) is 14.2. The van der Waals surface area contributed by atoms with Gasteiger partial charge in [0.1, 0.15) is 5.84 Å².